The van der Waals surface area contributed by atoms with Gasteiger partial charge in [0.1, 0.15) is 9.66 Å². The number of hydrogen-bond acceptors (Lipinski definition) is 10. The van der Waals surface area contributed by atoms with Crippen LogP contribution < -0.4 is 0 Å². The molecule has 14 aromatic carbocycles. The number of para-hydroxylation sites is 2. The van der Waals surface area contributed by atoms with E-state index in [4.69, 9.17) is 21.6 Å². The zero-order valence-electron chi connectivity index (χ0n) is 53.1. The molecule has 0 saturated heterocycles. The molecule has 13 heteroatoms. The standard InChI is InChI=1S/C44H23N3S3.C22H11ClN2S2.C22H13NS/c1-2-13-27-26(12-1)37-28-14-3-7-17-32(28)47(41(37)42-38(27)29-15-5-9-19-34(29)49-42)44-45-40(39-30-16-6-10-20-35(30)50-43(39)46-44)24-21-22-36-31(23-24)25-11-4-8-18-33(25)48-36;23-22-24-20(19-14-6-2-4-8-17(14)27-21(19)25-22)12-9-10-18-15(11-12)13-5-1-3-7-16(13)26-18;1-2-8-14-13(7-1)19-15-9-3-5-11-17(15)23-21(19)22-20(14)16-10-4-6-12-18(16)24-22/h1-23H;1-11H;1-12,23H. The van der Waals surface area contributed by atoms with Crippen LogP contribution in [0.15, 0.2) is 279 Å². The van der Waals surface area contributed by atoms with E-state index in [0.29, 0.717) is 11.2 Å². The van der Waals surface area contributed by atoms with Gasteiger partial charge in [0, 0.05) is 140 Å². The minimum atomic E-state index is 0.291. The summed E-state index contributed by atoms with van der Waals surface area (Å²) in [6, 6.07) is 100. The minimum absolute atomic E-state index is 0.291. The van der Waals surface area contributed by atoms with Crippen molar-refractivity contribution in [2.75, 3.05) is 0 Å². The summed E-state index contributed by atoms with van der Waals surface area (Å²) in [5.41, 5.74) is 8.82. The molecule has 0 saturated carbocycles. The zero-order valence-corrected chi connectivity index (χ0v) is 58.8. The Balaban J connectivity index is 0.000000106. The number of aromatic nitrogens is 6. The number of halogens is 1. The Labute approximate surface area is 603 Å². The van der Waals surface area contributed by atoms with Crippen molar-refractivity contribution in [2.24, 2.45) is 0 Å². The summed E-state index contributed by atoms with van der Waals surface area (Å²) in [5, 5.41) is 25.6. The van der Waals surface area contributed by atoms with Gasteiger partial charge in [0.2, 0.25) is 11.2 Å². The highest BCUT2D eigenvalue weighted by Gasteiger charge is 2.26. The summed E-state index contributed by atoms with van der Waals surface area (Å²) in [6.45, 7) is 0. The lowest BCUT2D eigenvalue weighted by Crippen LogP contribution is -2.02. The lowest BCUT2D eigenvalue weighted by atomic mass is 9.99. The molecule has 0 radical (unpaired) electrons. The van der Waals surface area contributed by atoms with Crippen molar-refractivity contribution < 1.29 is 0 Å². The number of fused-ring (bicyclic) bond motifs is 32. The van der Waals surface area contributed by atoms with Crippen molar-refractivity contribution in [1.29, 1.82) is 0 Å². The van der Waals surface area contributed by atoms with Gasteiger partial charge in [0.15, 0.2) is 0 Å². The SMILES string of the molecule is Clc1nc(-c2ccc3sc4ccccc4c3c2)c2c(n1)sc1ccccc12.c1ccc2c(c1)[nH]c1c3sc4ccccc4c3c3ccccc3c21.c1ccc2c(c1)sc1ccc(-c3nc(-n4c5ccccc5c5c6ccccc6c6c7ccccc7sc6c54)nc4sc5ccccc5c34)cc12. The van der Waals surface area contributed by atoms with Crippen LogP contribution in [0.1, 0.15) is 0 Å². The molecule has 0 bridgehead atoms. The van der Waals surface area contributed by atoms with E-state index in [1.807, 2.05) is 45.3 Å². The van der Waals surface area contributed by atoms with E-state index in [2.05, 4.69) is 299 Å². The highest BCUT2D eigenvalue weighted by Crippen LogP contribution is 2.51. The van der Waals surface area contributed by atoms with Crippen molar-refractivity contribution in [1.82, 2.24) is 29.5 Å². The third-order valence-electron chi connectivity index (χ3n) is 20.1. The predicted molar refractivity (Wildman–Crippen MR) is 442 cm³/mol. The van der Waals surface area contributed by atoms with Gasteiger partial charge in [-0.25, -0.2) is 19.9 Å². The molecule has 0 fully saturated rings. The van der Waals surface area contributed by atoms with Gasteiger partial charge in [-0.2, -0.15) is 0 Å². The summed E-state index contributed by atoms with van der Waals surface area (Å²) >= 11 is 17.1. The number of rotatable bonds is 3. The fraction of sp³-hybridized carbons (Fsp3) is 0. The second-order valence-corrected chi connectivity index (χ2v) is 32.3. The highest BCUT2D eigenvalue weighted by atomic mass is 35.5. The average Bonchev–Trinajstić information content (AvgIpc) is 1.54. The van der Waals surface area contributed by atoms with Gasteiger partial charge in [-0.05, 0) is 106 Å². The van der Waals surface area contributed by atoms with Gasteiger partial charge < -0.3 is 4.98 Å². The zero-order chi connectivity index (χ0) is 66.1. The van der Waals surface area contributed by atoms with Gasteiger partial charge in [0.25, 0.3) is 0 Å². The maximum Gasteiger partial charge on any atom is 0.236 e. The molecule has 1 N–H and O–H groups in total. The first-order chi connectivity index (χ1) is 50.0. The Morgan fingerprint density at radius 2 is 0.663 bits per heavy atom. The summed E-state index contributed by atoms with van der Waals surface area (Å²) in [6.07, 6.45) is 0. The minimum Gasteiger partial charge on any atom is -0.353 e. The summed E-state index contributed by atoms with van der Waals surface area (Å²) < 4.78 is 15.2. The third-order valence-corrected chi connectivity index (χ3v) is 27.1. The normalized spacial score (nSPS) is 12.2. The Morgan fingerprint density at radius 3 is 1.22 bits per heavy atom. The lowest BCUT2D eigenvalue weighted by Gasteiger charge is -2.12. The van der Waals surface area contributed by atoms with Crippen molar-refractivity contribution >= 4 is 266 Å². The van der Waals surface area contributed by atoms with Gasteiger partial charge in [-0.3, -0.25) is 4.57 Å². The number of nitrogens with one attached hydrogen (secondary N) is 1. The molecule has 10 heterocycles. The van der Waals surface area contributed by atoms with Crippen molar-refractivity contribution in [3.8, 4) is 28.5 Å². The molecule has 472 valence electrons. The second-order valence-electron chi connectivity index (χ2n) is 25.6. The van der Waals surface area contributed by atoms with Crippen LogP contribution in [-0.4, -0.2) is 29.5 Å². The van der Waals surface area contributed by atoms with Crippen LogP contribution >= 0.6 is 79.6 Å². The smallest absolute Gasteiger partial charge is 0.236 e. The molecule has 0 aliphatic carbocycles. The first-order valence-corrected chi connectivity index (χ1v) is 38.6. The van der Waals surface area contributed by atoms with Crippen LogP contribution in [0.5, 0.6) is 0 Å². The number of aromatic amines is 1. The van der Waals surface area contributed by atoms with Crippen molar-refractivity contribution in [3.05, 3.63) is 284 Å². The molecule has 0 aliphatic rings. The quantitative estimate of drug-likeness (QED) is 0.179. The fourth-order valence-corrected chi connectivity index (χ4v) is 22.8. The molecule has 24 aromatic rings. The molecule has 6 nitrogen and oxygen atoms in total. The largest absolute Gasteiger partial charge is 0.353 e. The maximum atomic E-state index is 6.28. The molecule has 10 aromatic heterocycles. The number of thiophene rings is 6. The number of H-pyrrole nitrogens is 1. The van der Waals surface area contributed by atoms with E-state index in [1.165, 1.54) is 161 Å². The first kappa shape index (κ1) is 57.8. The molecule has 101 heavy (non-hydrogen) atoms. The maximum absolute atomic E-state index is 6.28. The summed E-state index contributed by atoms with van der Waals surface area (Å²) in [7, 11) is 0. The molecular weight excluding hydrogens is 1370 g/mol. The Morgan fingerprint density at radius 1 is 0.277 bits per heavy atom. The third kappa shape index (κ3) is 8.77. The van der Waals surface area contributed by atoms with Crippen LogP contribution in [0, 0.1) is 0 Å². The van der Waals surface area contributed by atoms with Crippen molar-refractivity contribution in [3.63, 3.8) is 0 Å². The van der Waals surface area contributed by atoms with E-state index in [1.54, 1.807) is 22.7 Å². The number of benzene rings is 14. The first-order valence-electron chi connectivity index (χ1n) is 33.3. The van der Waals surface area contributed by atoms with Crippen molar-refractivity contribution in [2.45, 2.75) is 0 Å². The summed E-state index contributed by atoms with van der Waals surface area (Å²) in [4.78, 5) is 25.8. The van der Waals surface area contributed by atoms with E-state index >= 15 is 0 Å². The molecule has 0 unspecified atom stereocenters. The van der Waals surface area contributed by atoms with Crippen LogP contribution in [0.2, 0.25) is 5.28 Å². The fourth-order valence-electron chi connectivity index (χ4n) is 15.8. The molecule has 0 aliphatic heterocycles. The molecule has 24 rings (SSSR count). The molecule has 0 atom stereocenters. The lowest BCUT2D eigenvalue weighted by molar-refractivity contribution is 1.02. The van der Waals surface area contributed by atoms with Crippen LogP contribution in [-0.2, 0) is 0 Å². The predicted octanol–water partition coefficient (Wildman–Crippen LogP) is 27.9. The Kier molecular flexibility index (Phi) is 12.9. The van der Waals surface area contributed by atoms with Crippen LogP contribution in [0.25, 0.3) is 215 Å². The van der Waals surface area contributed by atoms with Gasteiger partial charge in [-0.1, -0.05) is 206 Å². The van der Waals surface area contributed by atoms with E-state index in [0.717, 1.165) is 48.5 Å². The number of hydrogen-bond donors (Lipinski definition) is 1. The second kappa shape index (κ2) is 22.5. The topological polar surface area (TPSA) is 72.3 Å². The van der Waals surface area contributed by atoms with Crippen LogP contribution in [0.4, 0.5) is 0 Å². The average molecular weight is 1420 g/mol. The van der Waals surface area contributed by atoms with Gasteiger partial charge in [-0.15, -0.1) is 68.0 Å². The highest BCUT2D eigenvalue weighted by molar-refractivity contribution is 7.28. The Hall–Kier alpha value is -11.0. The van der Waals surface area contributed by atoms with E-state index < -0.39 is 0 Å². The molecule has 0 spiro atoms. The van der Waals surface area contributed by atoms with Gasteiger partial charge in [0.05, 0.1) is 37.3 Å². The van der Waals surface area contributed by atoms with Crippen LogP contribution in [0.3, 0.4) is 0 Å². The molecule has 0 amide bonds. The number of nitrogens with zero attached hydrogens (tertiary/aromatic N) is 5. The van der Waals surface area contributed by atoms with Gasteiger partial charge >= 0.3 is 0 Å². The molecular formula is C88H47ClN6S6. The monoisotopic (exact) mass is 1410 g/mol. The van der Waals surface area contributed by atoms with E-state index in [9.17, 15) is 0 Å². The summed E-state index contributed by atoms with van der Waals surface area (Å²) in [5.74, 6) is 0.703. The Bertz CT molecular complexity index is 7540. The van der Waals surface area contributed by atoms with E-state index in [-0.39, 0.29) is 0 Å².